The lowest BCUT2D eigenvalue weighted by Crippen LogP contribution is -2.52. The first-order chi connectivity index (χ1) is 17.7. The molecule has 3 aromatic carbocycles. The molecule has 1 aliphatic heterocycles. The number of likely N-dealkylation sites (N-methyl/N-ethyl adjacent to an activating group) is 1. The standard InChI is InChI=1S/C27H23F3N4O3/c1-15(31-22(35)14-16-12-19(28)23(30)20(29)13-16)26(36)33-25-27(37)34(2)21-11-7-6-10-18(21)24(32-25)17-8-4-3-5-9-17/h3-13,15,25H,14H2,1-2H3,(H,31,35)(H,33,36)/t15-,25+/m0/s1. The second-order valence-corrected chi connectivity index (χ2v) is 8.51. The highest BCUT2D eigenvalue weighted by Gasteiger charge is 2.32. The number of halogens is 3. The highest BCUT2D eigenvalue weighted by molar-refractivity contribution is 6.20. The molecule has 0 saturated carbocycles. The molecule has 0 bridgehead atoms. The summed E-state index contributed by atoms with van der Waals surface area (Å²) in [5, 5.41) is 4.98. The van der Waals surface area contributed by atoms with Gasteiger partial charge in [0.15, 0.2) is 17.5 Å². The Balaban J connectivity index is 1.52. The average molecular weight is 509 g/mol. The number of nitrogens with one attached hydrogen (secondary N) is 2. The number of anilines is 1. The van der Waals surface area contributed by atoms with Crippen LogP contribution in [0.4, 0.5) is 18.9 Å². The van der Waals surface area contributed by atoms with E-state index < -0.39 is 53.8 Å². The van der Waals surface area contributed by atoms with Gasteiger partial charge < -0.3 is 15.5 Å². The van der Waals surface area contributed by atoms with Gasteiger partial charge >= 0.3 is 0 Å². The van der Waals surface area contributed by atoms with Gasteiger partial charge in [-0.25, -0.2) is 18.2 Å². The molecule has 3 amide bonds. The molecule has 4 rings (SSSR count). The molecule has 0 unspecified atom stereocenters. The summed E-state index contributed by atoms with van der Waals surface area (Å²) in [5.41, 5.74) is 2.49. The SMILES string of the molecule is C[C@H](NC(=O)Cc1cc(F)c(F)c(F)c1)C(=O)N[C@H]1N=C(c2ccccc2)c2ccccc2N(C)C1=O. The van der Waals surface area contributed by atoms with Crippen molar-refractivity contribution in [2.75, 3.05) is 11.9 Å². The Morgan fingerprint density at radius 3 is 2.30 bits per heavy atom. The second-order valence-electron chi connectivity index (χ2n) is 8.51. The van der Waals surface area contributed by atoms with Gasteiger partial charge in [-0.3, -0.25) is 14.4 Å². The molecular formula is C27H23F3N4O3. The molecule has 1 heterocycles. The van der Waals surface area contributed by atoms with Crippen LogP contribution in [-0.2, 0) is 20.8 Å². The third kappa shape index (κ3) is 5.53. The quantitative estimate of drug-likeness (QED) is 0.502. The van der Waals surface area contributed by atoms with Crippen molar-refractivity contribution in [1.82, 2.24) is 10.6 Å². The number of amides is 3. The van der Waals surface area contributed by atoms with E-state index in [0.717, 1.165) is 5.56 Å². The lowest BCUT2D eigenvalue weighted by Gasteiger charge is -2.22. The van der Waals surface area contributed by atoms with E-state index in [1.807, 2.05) is 42.5 Å². The largest absolute Gasteiger partial charge is 0.344 e. The first-order valence-electron chi connectivity index (χ1n) is 11.4. The number of para-hydroxylation sites is 1. The molecule has 37 heavy (non-hydrogen) atoms. The van der Waals surface area contributed by atoms with Crippen LogP contribution in [0.25, 0.3) is 0 Å². The maximum absolute atomic E-state index is 13.4. The number of benzene rings is 3. The van der Waals surface area contributed by atoms with Crippen molar-refractivity contribution in [2.45, 2.75) is 25.6 Å². The molecule has 7 nitrogen and oxygen atoms in total. The highest BCUT2D eigenvalue weighted by Crippen LogP contribution is 2.27. The van der Waals surface area contributed by atoms with Crippen LogP contribution >= 0.6 is 0 Å². The van der Waals surface area contributed by atoms with Gasteiger partial charge in [0.05, 0.1) is 17.8 Å². The summed E-state index contributed by atoms with van der Waals surface area (Å²) in [6.45, 7) is 1.39. The van der Waals surface area contributed by atoms with Crippen molar-refractivity contribution < 1.29 is 27.6 Å². The molecule has 2 N–H and O–H groups in total. The predicted octanol–water partition coefficient (Wildman–Crippen LogP) is 3.11. The van der Waals surface area contributed by atoms with Gasteiger partial charge in [-0.2, -0.15) is 0 Å². The zero-order valence-electron chi connectivity index (χ0n) is 20.0. The number of rotatable bonds is 6. The van der Waals surface area contributed by atoms with Gasteiger partial charge in [0.25, 0.3) is 5.91 Å². The van der Waals surface area contributed by atoms with Crippen LogP contribution in [0.5, 0.6) is 0 Å². The topological polar surface area (TPSA) is 90.9 Å². The van der Waals surface area contributed by atoms with Crippen LogP contribution in [0.2, 0.25) is 0 Å². The normalized spacial score (nSPS) is 15.8. The Bertz CT molecular complexity index is 1370. The molecule has 3 aromatic rings. The smallest absolute Gasteiger partial charge is 0.272 e. The van der Waals surface area contributed by atoms with E-state index in [0.29, 0.717) is 29.1 Å². The summed E-state index contributed by atoms with van der Waals surface area (Å²) in [5.74, 6) is -6.37. The molecule has 0 aromatic heterocycles. The number of carbonyl (C=O) groups is 3. The van der Waals surface area contributed by atoms with E-state index >= 15 is 0 Å². The molecular weight excluding hydrogens is 485 g/mol. The Morgan fingerprint density at radius 1 is 1.00 bits per heavy atom. The number of aliphatic imine (C=N–C) groups is 1. The van der Waals surface area contributed by atoms with Crippen molar-refractivity contribution in [3.05, 3.63) is 101 Å². The summed E-state index contributed by atoms with van der Waals surface area (Å²) in [6, 6.07) is 16.7. The van der Waals surface area contributed by atoms with Crippen molar-refractivity contribution in [3.8, 4) is 0 Å². The predicted molar refractivity (Wildman–Crippen MR) is 131 cm³/mol. The number of hydrogen-bond acceptors (Lipinski definition) is 4. The van der Waals surface area contributed by atoms with Crippen LogP contribution in [-0.4, -0.2) is 42.7 Å². The number of nitrogens with zero attached hydrogens (tertiary/aromatic N) is 2. The lowest BCUT2D eigenvalue weighted by molar-refractivity contribution is -0.130. The molecule has 0 radical (unpaired) electrons. The third-order valence-corrected chi connectivity index (χ3v) is 5.85. The summed E-state index contributed by atoms with van der Waals surface area (Å²) in [4.78, 5) is 44.4. The zero-order chi connectivity index (χ0) is 26.7. The summed E-state index contributed by atoms with van der Waals surface area (Å²) in [6.07, 6.45) is -1.76. The molecule has 0 saturated heterocycles. The average Bonchev–Trinajstić information content (AvgIpc) is 2.98. The van der Waals surface area contributed by atoms with E-state index in [-0.39, 0.29) is 5.56 Å². The summed E-state index contributed by atoms with van der Waals surface area (Å²) in [7, 11) is 1.58. The van der Waals surface area contributed by atoms with Crippen LogP contribution in [0.15, 0.2) is 71.7 Å². The van der Waals surface area contributed by atoms with E-state index in [1.165, 1.54) is 11.8 Å². The summed E-state index contributed by atoms with van der Waals surface area (Å²) < 4.78 is 40.0. The van der Waals surface area contributed by atoms with Gasteiger partial charge in [0, 0.05) is 18.2 Å². The van der Waals surface area contributed by atoms with Crippen molar-refractivity contribution >= 4 is 29.1 Å². The Labute approximate surface area is 211 Å². The summed E-state index contributed by atoms with van der Waals surface area (Å²) >= 11 is 0. The number of fused-ring (bicyclic) bond motifs is 1. The fourth-order valence-corrected chi connectivity index (χ4v) is 3.96. The first-order valence-corrected chi connectivity index (χ1v) is 11.4. The van der Waals surface area contributed by atoms with Gasteiger partial charge in [-0.1, -0.05) is 48.5 Å². The maximum atomic E-state index is 13.4. The van der Waals surface area contributed by atoms with Gasteiger partial charge in [0.1, 0.15) is 6.04 Å². The minimum Gasteiger partial charge on any atom is -0.344 e. The second kappa shape index (κ2) is 10.7. The Morgan fingerprint density at radius 2 is 1.62 bits per heavy atom. The third-order valence-electron chi connectivity index (χ3n) is 5.85. The lowest BCUT2D eigenvalue weighted by atomic mass is 10.0. The Hall–Kier alpha value is -4.47. The van der Waals surface area contributed by atoms with Crippen LogP contribution < -0.4 is 15.5 Å². The van der Waals surface area contributed by atoms with E-state index in [2.05, 4.69) is 15.6 Å². The number of benzodiazepines with no additional fused rings is 1. The van der Waals surface area contributed by atoms with E-state index in [9.17, 15) is 27.6 Å². The van der Waals surface area contributed by atoms with Crippen molar-refractivity contribution in [3.63, 3.8) is 0 Å². The zero-order valence-corrected chi connectivity index (χ0v) is 20.0. The number of hydrogen-bond donors (Lipinski definition) is 2. The molecule has 10 heteroatoms. The molecule has 0 spiro atoms. The molecule has 0 aliphatic carbocycles. The fourth-order valence-electron chi connectivity index (χ4n) is 3.96. The van der Waals surface area contributed by atoms with Crippen molar-refractivity contribution in [2.24, 2.45) is 4.99 Å². The van der Waals surface area contributed by atoms with Crippen LogP contribution in [0.3, 0.4) is 0 Å². The van der Waals surface area contributed by atoms with Gasteiger partial charge in [-0.15, -0.1) is 0 Å². The van der Waals surface area contributed by atoms with E-state index in [1.54, 1.807) is 19.2 Å². The van der Waals surface area contributed by atoms with E-state index in [4.69, 9.17) is 0 Å². The molecule has 1 aliphatic rings. The van der Waals surface area contributed by atoms with Gasteiger partial charge in [0.2, 0.25) is 18.0 Å². The van der Waals surface area contributed by atoms with Gasteiger partial charge in [-0.05, 0) is 30.7 Å². The van der Waals surface area contributed by atoms with Crippen molar-refractivity contribution in [1.29, 1.82) is 0 Å². The molecule has 0 fully saturated rings. The molecule has 2 atom stereocenters. The maximum Gasteiger partial charge on any atom is 0.272 e. The minimum atomic E-state index is -1.63. The first kappa shape index (κ1) is 25.6. The number of carbonyl (C=O) groups excluding carboxylic acids is 3. The Kier molecular flexibility index (Phi) is 7.37. The minimum absolute atomic E-state index is 0.100. The molecule has 190 valence electrons. The highest BCUT2D eigenvalue weighted by atomic mass is 19.2. The van der Waals surface area contributed by atoms with Crippen LogP contribution in [0, 0.1) is 17.5 Å². The van der Waals surface area contributed by atoms with Crippen LogP contribution in [0.1, 0.15) is 23.6 Å². The fraction of sp³-hybridized carbons (Fsp3) is 0.185. The monoisotopic (exact) mass is 508 g/mol.